The van der Waals surface area contributed by atoms with Crippen molar-refractivity contribution in [2.24, 2.45) is 0 Å². The normalized spacial score (nSPS) is 10.9. The van der Waals surface area contributed by atoms with E-state index < -0.39 is 0 Å². The molecule has 2 aromatic heterocycles. The summed E-state index contributed by atoms with van der Waals surface area (Å²) in [5.74, 6) is 0.595. The third kappa shape index (κ3) is 5.16. The van der Waals surface area contributed by atoms with Crippen LogP contribution in [0.2, 0.25) is 0 Å². The Morgan fingerprint density at radius 2 is 1.97 bits per heavy atom. The van der Waals surface area contributed by atoms with Gasteiger partial charge in [0.05, 0.1) is 11.4 Å². The summed E-state index contributed by atoms with van der Waals surface area (Å²) >= 11 is 7.42. The van der Waals surface area contributed by atoms with Gasteiger partial charge in [-0.15, -0.1) is 11.6 Å². The van der Waals surface area contributed by atoms with E-state index in [9.17, 15) is 9.18 Å². The highest BCUT2D eigenvalue weighted by Gasteiger charge is 2.20. The number of pyridine rings is 1. The maximum absolute atomic E-state index is 13.5. The second kappa shape index (κ2) is 9.89. The number of aromatic nitrogens is 3. The van der Waals surface area contributed by atoms with E-state index in [4.69, 9.17) is 16.6 Å². The highest BCUT2D eigenvalue weighted by atomic mass is 35.5. The van der Waals surface area contributed by atoms with Crippen LogP contribution < -0.4 is 5.32 Å². The first kappa shape index (κ1) is 21.3. The van der Waals surface area contributed by atoms with E-state index in [1.807, 2.05) is 18.4 Å². The van der Waals surface area contributed by atoms with Gasteiger partial charge >= 0.3 is 0 Å². The van der Waals surface area contributed by atoms with E-state index in [-0.39, 0.29) is 11.7 Å². The molecule has 0 fully saturated rings. The first-order valence-corrected chi connectivity index (χ1v) is 11.0. The Labute approximate surface area is 178 Å². The number of nitrogens with zero attached hydrogens (tertiary/aromatic N) is 3. The second-order valence-corrected chi connectivity index (χ2v) is 7.61. The number of imidazole rings is 1. The molecule has 0 spiro atoms. The van der Waals surface area contributed by atoms with Gasteiger partial charge in [-0.25, -0.2) is 14.4 Å². The van der Waals surface area contributed by atoms with Crippen LogP contribution >= 0.6 is 23.4 Å². The number of anilines is 1. The van der Waals surface area contributed by atoms with Crippen LogP contribution in [0.15, 0.2) is 47.8 Å². The Bertz CT molecular complexity index is 991. The molecule has 1 aromatic carbocycles. The number of rotatable bonds is 8. The van der Waals surface area contributed by atoms with E-state index in [0.717, 1.165) is 47.1 Å². The summed E-state index contributed by atoms with van der Waals surface area (Å²) in [6, 6.07) is 10.0. The number of amides is 1. The Morgan fingerprint density at radius 3 is 2.62 bits per heavy atom. The molecule has 1 amide bonds. The molecule has 0 aliphatic heterocycles. The second-order valence-electron chi connectivity index (χ2n) is 6.46. The van der Waals surface area contributed by atoms with Crippen molar-refractivity contribution in [1.29, 1.82) is 0 Å². The van der Waals surface area contributed by atoms with Crippen LogP contribution in [0.25, 0.3) is 22.5 Å². The van der Waals surface area contributed by atoms with E-state index in [2.05, 4.69) is 14.9 Å². The zero-order valence-corrected chi connectivity index (χ0v) is 17.9. The number of hydrogen-bond donors (Lipinski definition) is 1. The van der Waals surface area contributed by atoms with Gasteiger partial charge in [0.1, 0.15) is 11.6 Å². The zero-order valence-electron chi connectivity index (χ0n) is 16.3. The van der Waals surface area contributed by atoms with Crippen LogP contribution in [0.1, 0.15) is 19.8 Å². The van der Waals surface area contributed by atoms with Gasteiger partial charge in [0.25, 0.3) is 0 Å². The van der Waals surface area contributed by atoms with Gasteiger partial charge in [0, 0.05) is 36.7 Å². The number of carbonyl (C=O) groups is 1. The van der Waals surface area contributed by atoms with Crippen LogP contribution in [-0.2, 0) is 11.3 Å². The predicted molar refractivity (Wildman–Crippen MR) is 117 cm³/mol. The number of unbranched alkanes of at least 4 members (excludes halogenated alkanes) is 1. The summed E-state index contributed by atoms with van der Waals surface area (Å²) in [6.07, 6.45) is 5.44. The van der Waals surface area contributed by atoms with Gasteiger partial charge in [0.15, 0.2) is 5.16 Å². The van der Waals surface area contributed by atoms with Gasteiger partial charge in [-0.1, -0.05) is 11.8 Å². The molecule has 0 unspecified atom stereocenters. The molecule has 29 heavy (non-hydrogen) atoms. The van der Waals surface area contributed by atoms with Crippen molar-refractivity contribution in [2.75, 3.05) is 17.5 Å². The molecule has 1 N–H and O–H groups in total. The molecule has 152 valence electrons. The van der Waals surface area contributed by atoms with E-state index in [0.29, 0.717) is 11.7 Å². The smallest absolute Gasteiger partial charge is 0.222 e. The minimum Gasteiger partial charge on any atom is -0.318 e. The van der Waals surface area contributed by atoms with Crippen molar-refractivity contribution in [3.05, 3.63) is 48.4 Å². The highest BCUT2D eigenvalue weighted by Crippen LogP contribution is 2.36. The van der Waals surface area contributed by atoms with Crippen molar-refractivity contribution >= 4 is 35.1 Å². The minimum atomic E-state index is -0.293. The summed E-state index contributed by atoms with van der Waals surface area (Å²) < 4.78 is 15.6. The lowest BCUT2D eigenvalue weighted by Crippen LogP contribution is -2.08. The quantitative estimate of drug-likeness (QED) is 0.292. The fourth-order valence-electron chi connectivity index (χ4n) is 3.09. The SMILES string of the molecule is CSc1nc(-c2ccc(F)cc2)c(-c2ccnc(NC(C)=O)c2)n1CCCCCl. The summed E-state index contributed by atoms with van der Waals surface area (Å²) in [5.41, 5.74) is 3.37. The van der Waals surface area contributed by atoms with Crippen molar-refractivity contribution in [1.82, 2.24) is 14.5 Å². The lowest BCUT2D eigenvalue weighted by Gasteiger charge is -2.13. The summed E-state index contributed by atoms with van der Waals surface area (Å²) in [7, 11) is 0. The number of thioether (sulfide) groups is 1. The van der Waals surface area contributed by atoms with E-state index in [1.54, 1.807) is 30.1 Å². The fraction of sp³-hybridized carbons (Fsp3) is 0.286. The van der Waals surface area contributed by atoms with Crippen LogP contribution in [0, 0.1) is 5.82 Å². The Kier molecular flexibility index (Phi) is 7.28. The average molecular weight is 433 g/mol. The Hall–Kier alpha value is -2.38. The molecule has 3 rings (SSSR count). The molecule has 0 radical (unpaired) electrons. The monoisotopic (exact) mass is 432 g/mol. The molecule has 0 saturated carbocycles. The third-order valence-corrected chi connectivity index (χ3v) is 5.28. The molecule has 0 atom stereocenters. The first-order valence-electron chi connectivity index (χ1n) is 9.24. The zero-order chi connectivity index (χ0) is 20.8. The van der Waals surface area contributed by atoms with Crippen LogP contribution in [0.4, 0.5) is 10.2 Å². The largest absolute Gasteiger partial charge is 0.318 e. The van der Waals surface area contributed by atoms with Crippen molar-refractivity contribution < 1.29 is 9.18 Å². The number of halogens is 2. The van der Waals surface area contributed by atoms with Gasteiger partial charge in [-0.2, -0.15) is 0 Å². The highest BCUT2D eigenvalue weighted by molar-refractivity contribution is 7.98. The first-order chi connectivity index (χ1) is 14.0. The maximum Gasteiger partial charge on any atom is 0.222 e. The molecule has 2 heterocycles. The summed E-state index contributed by atoms with van der Waals surface area (Å²) in [5, 5.41) is 3.59. The maximum atomic E-state index is 13.5. The van der Waals surface area contributed by atoms with Crippen LogP contribution in [0.3, 0.4) is 0 Å². The summed E-state index contributed by atoms with van der Waals surface area (Å²) in [6.45, 7) is 2.20. The topological polar surface area (TPSA) is 59.8 Å². The predicted octanol–water partition coefficient (Wildman–Crippen LogP) is 5.45. The number of carbonyl (C=O) groups excluding carboxylic acids is 1. The molecule has 3 aromatic rings. The number of nitrogens with one attached hydrogen (secondary N) is 1. The molecule has 0 bridgehead atoms. The van der Waals surface area contributed by atoms with Crippen LogP contribution in [0.5, 0.6) is 0 Å². The lowest BCUT2D eigenvalue weighted by molar-refractivity contribution is -0.114. The third-order valence-electron chi connectivity index (χ3n) is 4.34. The average Bonchev–Trinajstić information content (AvgIpc) is 3.07. The minimum absolute atomic E-state index is 0.186. The van der Waals surface area contributed by atoms with Crippen molar-refractivity contribution in [3.8, 4) is 22.5 Å². The van der Waals surface area contributed by atoms with Gasteiger partial charge in [-0.05, 0) is 55.5 Å². The fourth-order valence-corrected chi connectivity index (χ4v) is 3.86. The van der Waals surface area contributed by atoms with Crippen LogP contribution in [-0.4, -0.2) is 32.6 Å². The Morgan fingerprint density at radius 1 is 1.21 bits per heavy atom. The lowest BCUT2D eigenvalue weighted by atomic mass is 10.1. The van der Waals surface area contributed by atoms with E-state index >= 15 is 0 Å². The number of hydrogen-bond acceptors (Lipinski definition) is 4. The number of benzene rings is 1. The molecule has 0 saturated heterocycles. The Balaban J connectivity index is 2.16. The van der Waals surface area contributed by atoms with Crippen molar-refractivity contribution in [3.63, 3.8) is 0 Å². The number of alkyl halides is 1. The van der Waals surface area contributed by atoms with Gasteiger partial charge < -0.3 is 9.88 Å². The molecular weight excluding hydrogens is 411 g/mol. The standard InChI is InChI=1S/C21H22ClFN4OS/c1-14(28)25-18-13-16(9-11-24-18)20-19(15-5-7-17(23)8-6-15)26-21(29-2)27(20)12-4-3-10-22/h5-9,11,13H,3-4,10,12H2,1-2H3,(H,24,25,28). The molecule has 0 aliphatic rings. The molecule has 0 aliphatic carbocycles. The van der Waals surface area contributed by atoms with E-state index in [1.165, 1.54) is 19.1 Å². The summed E-state index contributed by atoms with van der Waals surface area (Å²) in [4.78, 5) is 20.5. The molecular formula is C21H22ClFN4OS. The van der Waals surface area contributed by atoms with Gasteiger partial charge in [-0.3, -0.25) is 4.79 Å². The van der Waals surface area contributed by atoms with Crippen molar-refractivity contribution in [2.45, 2.75) is 31.5 Å². The molecule has 5 nitrogen and oxygen atoms in total. The molecule has 8 heteroatoms. The van der Waals surface area contributed by atoms with Gasteiger partial charge in [0.2, 0.25) is 5.91 Å².